The lowest BCUT2D eigenvalue weighted by molar-refractivity contribution is 0.118. The van der Waals surface area contributed by atoms with Crippen LogP contribution < -0.4 is 10.6 Å². The first-order valence-corrected chi connectivity index (χ1v) is 8.19. The van der Waals surface area contributed by atoms with E-state index < -0.39 is 12.5 Å². The van der Waals surface area contributed by atoms with Gasteiger partial charge in [-0.15, -0.1) is 0 Å². The molecule has 0 saturated carbocycles. The maximum absolute atomic E-state index is 13.9. The normalized spacial score (nSPS) is 14.5. The summed E-state index contributed by atoms with van der Waals surface area (Å²) in [6.07, 6.45) is 1.63. The minimum Gasteiger partial charge on any atom is -0.366 e. The van der Waals surface area contributed by atoms with Gasteiger partial charge in [-0.05, 0) is 6.92 Å². The van der Waals surface area contributed by atoms with Gasteiger partial charge in [-0.3, -0.25) is 0 Å². The van der Waals surface area contributed by atoms with Crippen molar-refractivity contribution in [3.8, 4) is 0 Å². The van der Waals surface area contributed by atoms with Gasteiger partial charge < -0.3 is 9.30 Å². The Morgan fingerprint density at radius 2 is 1.40 bits per heavy atom. The molecule has 0 heterocycles. The van der Waals surface area contributed by atoms with Crippen molar-refractivity contribution in [2.45, 2.75) is 12.3 Å². The molecule has 0 aliphatic rings. The Kier molecular flexibility index (Phi) is 4.27. The molecule has 0 radical (unpaired) electrons. The highest BCUT2D eigenvalue weighted by atomic mass is 31.2. The van der Waals surface area contributed by atoms with Gasteiger partial charge in [0.2, 0.25) is 0 Å². The van der Waals surface area contributed by atoms with Gasteiger partial charge in [-0.2, -0.15) is 0 Å². The molecule has 104 valence electrons. The van der Waals surface area contributed by atoms with E-state index in [1.54, 1.807) is 13.2 Å². The second-order valence-electron chi connectivity index (χ2n) is 4.74. The highest BCUT2D eigenvalue weighted by Crippen LogP contribution is 2.56. The summed E-state index contributed by atoms with van der Waals surface area (Å²) in [6.45, 7) is 5.64. The highest BCUT2D eigenvalue weighted by molar-refractivity contribution is 7.80. The quantitative estimate of drug-likeness (QED) is 0.620. The summed E-state index contributed by atoms with van der Waals surface area (Å²) in [5, 5.41) is 0.612. The van der Waals surface area contributed by atoms with Gasteiger partial charge in [-0.1, -0.05) is 73.3 Å². The van der Waals surface area contributed by atoms with Crippen molar-refractivity contribution < 1.29 is 9.30 Å². The molecule has 0 aromatic heterocycles. The lowest BCUT2D eigenvalue weighted by Gasteiger charge is -2.34. The molecule has 0 saturated heterocycles. The molecule has 0 amide bonds. The Morgan fingerprint density at radius 1 is 1.00 bits per heavy atom. The molecule has 3 heteroatoms. The Morgan fingerprint density at radius 3 is 1.70 bits per heavy atom. The summed E-state index contributed by atoms with van der Waals surface area (Å²) >= 11 is 0. The molecule has 2 nitrogen and oxygen atoms in total. The molecule has 20 heavy (non-hydrogen) atoms. The third-order valence-corrected chi connectivity index (χ3v) is 7.32. The zero-order chi connectivity index (χ0) is 14.6. The van der Waals surface area contributed by atoms with E-state index in [1.807, 2.05) is 67.6 Å². The van der Waals surface area contributed by atoms with Crippen molar-refractivity contribution >= 4 is 17.8 Å². The van der Waals surface area contributed by atoms with Gasteiger partial charge in [0, 0.05) is 17.7 Å². The predicted molar refractivity (Wildman–Crippen MR) is 85.4 cm³/mol. The molecule has 1 unspecified atom stereocenters. The van der Waals surface area contributed by atoms with E-state index in [4.69, 9.17) is 4.74 Å². The van der Waals surface area contributed by atoms with Gasteiger partial charge in [-0.25, -0.2) is 0 Å². The van der Waals surface area contributed by atoms with Crippen LogP contribution in [0.2, 0.25) is 0 Å². The van der Waals surface area contributed by atoms with Crippen molar-refractivity contribution in [1.29, 1.82) is 0 Å². The average Bonchev–Trinajstić information content (AvgIpc) is 2.54. The molecule has 2 rings (SSSR count). The van der Waals surface area contributed by atoms with Crippen LogP contribution in [0.25, 0.3) is 0 Å². The molecule has 2 aromatic rings. The molecule has 2 aromatic carbocycles. The predicted octanol–water partition coefficient (Wildman–Crippen LogP) is 3.55. The van der Waals surface area contributed by atoms with E-state index in [-0.39, 0.29) is 0 Å². The van der Waals surface area contributed by atoms with Gasteiger partial charge in [0.15, 0.2) is 7.14 Å². The van der Waals surface area contributed by atoms with E-state index in [2.05, 4.69) is 6.58 Å². The topological polar surface area (TPSA) is 26.3 Å². The summed E-state index contributed by atoms with van der Waals surface area (Å²) < 4.78 is 19.5. The summed E-state index contributed by atoms with van der Waals surface area (Å²) in [7, 11) is -1.42. The van der Waals surface area contributed by atoms with Crippen LogP contribution in [-0.4, -0.2) is 12.5 Å². The number of rotatable bonds is 5. The number of hydrogen-bond acceptors (Lipinski definition) is 2. The van der Waals surface area contributed by atoms with Crippen LogP contribution in [0.4, 0.5) is 0 Å². The first-order valence-electron chi connectivity index (χ1n) is 6.48. The van der Waals surface area contributed by atoms with Crippen molar-refractivity contribution in [3.05, 3.63) is 73.3 Å². The average molecular weight is 286 g/mol. The van der Waals surface area contributed by atoms with Crippen LogP contribution in [-0.2, 0) is 9.30 Å². The van der Waals surface area contributed by atoms with Crippen molar-refractivity contribution in [1.82, 2.24) is 0 Å². The van der Waals surface area contributed by atoms with Crippen molar-refractivity contribution in [3.63, 3.8) is 0 Å². The van der Waals surface area contributed by atoms with Crippen molar-refractivity contribution in [2.24, 2.45) is 0 Å². The number of benzene rings is 2. The molecule has 0 aliphatic heterocycles. The Balaban J connectivity index is 2.74. The van der Waals surface area contributed by atoms with Crippen LogP contribution in [0.1, 0.15) is 6.92 Å². The number of hydrogen-bond donors (Lipinski definition) is 0. The maximum atomic E-state index is 13.9. The van der Waals surface area contributed by atoms with Gasteiger partial charge in [0.05, 0.1) is 0 Å². The first-order chi connectivity index (χ1) is 9.58. The zero-order valence-electron chi connectivity index (χ0n) is 11.8. The summed E-state index contributed by atoms with van der Waals surface area (Å²) in [4.78, 5) is 0. The van der Waals surface area contributed by atoms with Crippen LogP contribution >= 0.6 is 7.14 Å². The molecule has 0 spiro atoms. The summed E-state index contributed by atoms with van der Waals surface area (Å²) in [5.74, 6) is 0. The molecular weight excluding hydrogens is 267 g/mol. The fourth-order valence-electron chi connectivity index (χ4n) is 2.28. The summed E-state index contributed by atoms with van der Waals surface area (Å²) in [6, 6.07) is 18.9. The van der Waals surface area contributed by atoms with E-state index in [0.717, 1.165) is 10.6 Å². The number of methoxy groups -OCH3 is 1. The largest absolute Gasteiger partial charge is 0.366 e. The molecule has 0 aliphatic carbocycles. The van der Waals surface area contributed by atoms with Gasteiger partial charge in [0.25, 0.3) is 0 Å². The second kappa shape index (κ2) is 5.78. The number of ether oxygens (including phenoxy) is 1. The van der Waals surface area contributed by atoms with Crippen molar-refractivity contribution in [2.75, 3.05) is 7.11 Å². The molecular formula is C17H19O2P. The van der Waals surface area contributed by atoms with Crippen LogP contribution in [0.3, 0.4) is 0 Å². The van der Waals surface area contributed by atoms with Gasteiger partial charge in [0.1, 0.15) is 5.34 Å². The Bertz CT molecular complexity index is 578. The fraction of sp³-hybridized carbons (Fsp3) is 0.176. The monoisotopic (exact) mass is 286 g/mol. The minimum absolute atomic E-state index is 0.774. The maximum Gasteiger partial charge on any atom is 0.176 e. The smallest absolute Gasteiger partial charge is 0.176 e. The SMILES string of the molecule is C=CC(C)(OC)P(=O)(c1ccccc1)c1ccccc1. The second-order valence-corrected chi connectivity index (χ2v) is 7.88. The third kappa shape index (κ3) is 2.26. The van der Waals surface area contributed by atoms with E-state index in [9.17, 15) is 4.57 Å². The Hall–Kier alpha value is -1.63. The van der Waals surface area contributed by atoms with E-state index >= 15 is 0 Å². The highest BCUT2D eigenvalue weighted by Gasteiger charge is 2.45. The molecule has 0 fully saturated rings. The van der Waals surface area contributed by atoms with Crippen LogP contribution in [0.15, 0.2) is 73.3 Å². The first kappa shape index (κ1) is 14.8. The third-order valence-electron chi connectivity index (χ3n) is 3.66. The van der Waals surface area contributed by atoms with Gasteiger partial charge >= 0.3 is 0 Å². The Labute approximate surface area is 120 Å². The van der Waals surface area contributed by atoms with E-state index in [1.165, 1.54) is 0 Å². The van der Waals surface area contributed by atoms with Crippen LogP contribution in [0.5, 0.6) is 0 Å². The molecule has 0 bridgehead atoms. The minimum atomic E-state index is -2.99. The standard InChI is InChI=1S/C17H19O2P/c1-4-17(2,19-3)20(18,15-11-7-5-8-12-15)16-13-9-6-10-14-16/h4-14H,1H2,2-3H3. The van der Waals surface area contributed by atoms with E-state index in [0.29, 0.717) is 0 Å². The molecule has 1 atom stereocenters. The lowest BCUT2D eigenvalue weighted by atomic mass is 10.4. The summed E-state index contributed by atoms with van der Waals surface area (Å²) in [5.41, 5.74) is 0. The van der Waals surface area contributed by atoms with Crippen LogP contribution in [0, 0.1) is 0 Å². The zero-order valence-corrected chi connectivity index (χ0v) is 12.7. The molecule has 0 N–H and O–H groups in total. The fourth-order valence-corrected chi connectivity index (χ4v) is 5.30. The lowest BCUT2D eigenvalue weighted by Crippen LogP contribution is -2.35.